The zero-order valence-electron chi connectivity index (χ0n) is 18.3. The van der Waals surface area contributed by atoms with Crippen molar-refractivity contribution in [2.24, 2.45) is 7.05 Å². The normalized spacial score (nSPS) is 16.1. The Morgan fingerprint density at radius 1 is 1.29 bits per heavy atom. The standard InChI is InChI=1S/C23H22F3N5O2S/c1-30-11-14(9-29-30)12-31-13-28-21-20(22(31)32)17-7-6-16(8-19(17)34-21)27-10-15-4-2-3-5-18(15)33-23(24,25)26/h2-5,9,11,13,16,27H,6-8,10,12H2,1H3/t16-/m1/s1. The number of nitrogens with one attached hydrogen (secondary N) is 1. The summed E-state index contributed by atoms with van der Waals surface area (Å²) in [5, 5.41) is 8.18. The van der Waals surface area contributed by atoms with Gasteiger partial charge in [-0.25, -0.2) is 4.98 Å². The number of hydrogen-bond acceptors (Lipinski definition) is 6. The highest BCUT2D eigenvalue weighted by atomic mass is 32.1. The van der Waals surface area contributed by atoms with Crippen molar-refractivity contribution in [1.82, 2.24) is 24.6 Å². The van der Waals surface area contributed by atoms with Crippen LogP contribution in [0.4, 0.5) is 13.2 Å². The van der Waals surface area contributed by atoms with Crippen LogP contribution in [0, 0.1) is 0 Å². The fourth-order valence-corrected chi connectivity index (χ4v) is 5.62. The van der Waals surface area contributed by atoms with Crippen molar-refractivity contribution in [2.75, 3.05) is 0 Å². The van der Waals surface area contributed by atoms with E-state index in [2.05, 4.69) is 20.1 Å². The van der Waals surface area contributed by atoms with E-state index in [1.54, 1.807) is 33.9 Å². The van der Waals surface area contributed by atoms with Crippen LogP contribution in [0.5, 0.6) is 5.75 Å². The minimum Gasteiger partial charge on any atom is -0.405 e. The van der Waals surface area contributed by atoms with Crippen LogP contribution in [0.3, 0.4) is 0 Å². The molecule has 0 saturated carbocycles. The number of hydrogen-bond donors (Lipinski definition) is 1. The number of aromatic nitrogens is 4. The molecule has 3 aromatic heterocycles. The Labute approximate surface area is 196 Å². The molecule has 1 N–H and O–H groups in total. The van der Waals surface area contributed by atoms with Gasteiger partial charge < -0.3 is 10.1 Å². The molecule has 1 aliphatic carbocycles. The molecule has 0 aliphatic heterocycles. The summed E-state index contributed by atoms with van der Waals surface area (Å²) in [6.45, 7) is 0.664. The number of aryl methyl sites for hydroxylation is 2. The van der Waals surface area contributed by atoms with Crippen LogP contribution >= 0.6 is 11.3 Å². The third kappa shape index (κ3) is 4.71. The minimum absolute atomic E-state index is 0.0593. The molecule has 1 aliphatic rings. The number of halogens is 3. The lowest BCUT2D eigenvalue weighted by atomic mass is 9.93. The lowest BCUT2D eigenvalue weighted by molar-refractivity contribution is -0.274. The van der Waals surface area contributed by atoms with Gasteiger partial charge in [-0.2, -0.15) is 5.10 Å². The van der Waals surface area contributed by atoms with Crippen molar-refractivity contribution in [3.63, 3.8) is 0 Å². The Morgan fingerprint density at radius 3 is 2.88 bits per heavy atom. The second kappa shape index (κ2) is 8.88. The fraction of sp³-hybridized carbons (Fsp3) is 0.348. The van der Waals surface area contributed by atoms with E-state index in [1.165, 1.54) is 23.5 Å². The summed E-state index contributed by atoms with van der Waals surface area (Å²) >= 11 is 1.52. The zero-order valence-corrected chi connectivity index (χ0v) is 19.1. The van der Waals surface area contributed by atoms with Gasteiger partial charge >= 0.3 is 6.36 Å². The maximum absolute atomic E-state index is 13.2. The van der Waals surface area contributed by atoms with Crippen molar-refractivity contribution in [2.45, 2.75) is 44.8 Å². The average Bonchev–Trinajstić information content (AvgIpc) is 3.36. The number of alkyl halides is 3. The number of ether oxygens (including phenoxy) is 1. The summed E-state index contributed by atoms with van der Waals surface area (Å²) in [6, 6.07) is 6.22. The van der Waals surface area contributed by atoms with Crippen LogP contribution in [0.2, 0.25) is 0 Å². The second-order valence-electron chi connectivity index (χ2n) is 8.36. The maximum Gasteiger partial charge on any atom is 0.573 e. The lowest BCUT2D eigenvalue weighted by Crippen LogP contribution is -2.34. The molecule has 0 saturated heterocycles. The van der Waals surface area contributed by atoms with E-state index in [9.17, 15) is 18.0 Å². The van der Waals surface area contributed by atoms with Crippen LogP contribution in [-0.4, -0.2) is 31.7 Å². The summed E-state index contributed by atoms with van der Waals surface area (Å²) in [4.78, 5) is 19.5. The van der Waals surface area contributed by atoms with Crippen LogP contribution in [0.25, 0.3) is 10.2 Å². The van der Waals surface area contributed by atoms with Crippen LogP contribution in [0.1, 0.15) is 28.0 Å². The van der Waals surface area contributed by atoms with Gasteiger partial charge in [0.25, 0.3) is 5.56 Å². The Morgan fingerprint density at radius 2 is 2.12 bits per heavy atom. The molecule has 11 heteroatoms. The highest BCUT2D eigenvalue weighted by Gasteiger charge is 2.32. The molecule has 0 fully saturated rings. The number of para-hydroxylation sites is 1. The number of thiophene rings is 1. The van der Waals surface area contributed by atoms with E-state index in [1.807, 2.05) is 13.2 Å². The number of nitrogens with zero attached hydrogens (tertiary/aromatic N) is 4. The van der Waals surface area contributed by atoms with Gasteiger partial charge in [0.2, 0.25) is 0 Å². The van der Waals surface area contributed by atoms with Crippen LogP contribution in [-0.2, 0) is 33.0 Å². The molecule has 0 bridgehead atoms. The molecular formula is C23H22F3N5O2S. The molecule has 0 amide bonds. The predicted molar refractivity (Wildman–Crippen MR) is 122 cm³/mol. The van der Waals surface area contributed by atoms with E-state index in [0.29, 0.717) is 30.3 Å². The highest BCUT2D eigenvalue weighted by molar-refractivity contribution is 7.18. The van der Waals surface area contributed by atoms with Crippen LogP contribution in [0.15, 0.2) is 47.8 Å². The first-order valence-corrected chi connectivity index (χ1v) is 11.6. The molecule has 1 atom stereocenters. The maximum atomic E-state index is 13.2. The van der Waals surface area contributed by atoms with Gasteiger partial charge in [0.15, 0.2) is 0 Å². The third-order valence-electron chi connectivity index (χ3n) is 5.93. The van der Waals surface area contributed by atoms with Gasteiger partial charge in [0.05, 0.1) is 24.5 Å². The summed E-state index contributed by atoms with van der Waals surface area (Å²) in [7, 11) is 1.83. The van der Waals surface area contributed by atoms with E-state index in [0.717, 1.165) is 27.3 Å². The Bertz CT molecular complexity index is 1390. The molecular weight excluding hydrogens is 467 g/mol. The summed E-state index contributed by atoms with van der Waals surface area (Å²) in [5.74, 6) is -0.195. The van der Waals surface area contributed by atoms with Crippen molar-refractivity contribution in [3.8, 4) is 5.75 Å². The topological polar surface area (TPSA) is 74.0 Å². The van der Waals surface area contributed by atoms with Gasteiger partial charge in [-0.05, 0) is 30.9 Å². The molecule has 7 nitrogen and oxygen atoms in total. The molecule has 3 heterocycles. The van der Waals surface area contributed by atoms with Gasteiger partial charge in [-0.1, -0.05) is 18.2 Å². The first kappa shape index (κ1) is 22.6. The summed E-state index contributed by atoms with van der Waals surface area (Å²) in [5.41, 5.74) is 2.35. The van der Waals surface area contributed by atoms with Crippen molar-refractivity contribution in [3.05, 3.63) is 74.9 Å². The largest absolute Gasteiger partial charge is 0.573 e. The smallest absolute Gasteiger partial charge is 0.405 e. The van der Waals surface area contributed by atoms with Crippen molar-refractivity contribution >= 4 is 21.6 Å². The monoisotopic (exact) mass is 489 g/mol. The van der Waals surface area contributed by atoms with E-state index >= 15 is 0 Å². The van der Waals surface area contributed by atoms with Gasteiger partial charge in [0.1, 0.15) is 10.6 Å². The summed E-state index contributed by atoms with van der Waals surface area (Å²) < 4.78 is 45.5. The lowest BCUT2D eigenvalue weighted by Gasteiger charge is -2.24. The Kier molecular flexibility index (Phi) is 5.90. The van der Waals surface area contributed by atoms with Gasteiger partial charge in [-0.3, -0.25) is 14.0 Å². The average molecular weight is 490 g/mol. The van der Waals surface area contributed by atoms with Crippen LogP contribution < -0.4 is 15.6 Å². The molecule has 5 rings (SSSR count). The SMILES string of the molecule is Cn1cc(Cn2cnc3sc4c(c3c2=O)CC[C@@H](NCc2ccccc2OC(F)(F)F)C4)cn1. The zero-order chi connectivity index (χ0) is 23.9. The molecule has 4 aromatic rings. The minimum atomic E-state index is -4.73. The van der Waals surface area contributed by atoms with E-state index < -0.39 is 6.36 Å². The molecule has 0 radical (unpaired) electrons. The second-order valence-corrected chi connectivity index (χ2v) is 9.44. The van der Waals surface area contributed by atoms with E-state index in [4.69, 9.17) is 0 Å². The molecule has 0 spiro atoms. The van der Waals surface area contributed by atoms with Crippen molar-refractivity contribution < 1.29 is 17.9 Å². The first-order chi connectivity index (χ1) is 16.3. The van der Waals surface area contributed by atoms with E-state index in [-0.39, 0.29) is 23.9 Å². The first-order valence-electron chi connectivity index (χ1n) is 10.8. The quantitative estimate of drug-likeness (QED) is 0.446. The van der Waals surface area contributed by atoms with Gasteiger partial charge in [0, 0.05) is 41.8 Å². The molecule has 34 heavy (non-hydrogen) atoms. The Hall–Kier alpha value is -3.18. The Balaban J connectivity index is 1.32. The third-order valence-corrected chi connectivity index (χ3v) is 7.09. The number of rotatable bonds is 6. The number of benzene rings is 1. The fourth-order valence-electron chi connectivity index (χ4n) is 4.37. The van der Waals surface area contributed by atoms with Crippen molar-refractivity contribution in [1.29, 1.82) is 0 Å². The molecule has 0 unspecified atom stereocenters. The summed E-state index contributed by atoms with van der Waals surface area (Å²) in [6.07, 6.45) is 2.62. The molecule has 178 valence electrons. The highest BCUT2D eigenvalue weighted by Crippen LogP contribution is 2.34. The van der Waals surface area contributed by atoms with Gasteiger partial charge in [-0.15, -0.1) is 24.5 Å². The molecule has 1 aromatic carbocycles. The predicted octanol–water partition coefficient (Wildman–Crippen LogP) is 3.79. The number of fused-ring (bicyclic) bond motifs is 3.